The van der Waals surface area contributed by atoms with Gasteiger partial charge in [0.25, 0.3) is 0 Å². The monoisotopic (exact) mass is 407 g/mol. The Labute approximate surface area is 177 Å². The highest BCUT2D eigenvalue weighted by atomic mass is 16.6. The predicted octanol–water partition coefficient (Wildman–Crippen LogP) is 3.19. The summed E-state index contributed by atoms with van der Waals surface area (Å²) in [7, 11) is 0. The first kappa shape index (κ1) is 25.4. The number of rotatable bonds is 18. The van der Waals surface area contributed by atoms with E-state index >= 15 is 0 Å². The van der Waals surface area contributed by atoms with Gasteiger partial charge in [0.05, 0.1) is 12.7 Å². The van der Waals surface area contributed by atoms with Crippen molar-refractivity contribution in [3.8, 4) is 0 Å². The Hall–Kier alpha value is -1.66. The van der Waals surface area contributed by atoms with Crippen LogP contribution >= 0.6 is 0 Å². The predicted molar refractivity (Wildman–Crippen MR) is 119 cm³/mol. The van der Waals surface area contributed by atoms with Crippen molar-refractivity contribution >= 4 is 11.8 Å². The number of nitrogens with one attached hydrogen (secondary N) is 2. The second-order valence-corrected chi connectivity index (χ2v) is 7.50. The topological polar surface area (TPSA) is 74.0 Å². The van der Waals surface area contributed by atoms with Gasteiger partial charge in [0.15, 0.2) is 0 Å². The number of carbonyl (C=O) groups excluding carboxylic acids is 2. The summed E-state index contributed by atoms with van der Waals surface area (Å²) in [5.74, 6) is 0.249. The smallest absolute Gasteiger partial charge is 0.220 e. The molecule has 0 aromatic rings. The Morgan fingerprint density at radius 1 is 0.897 bits per heavy atom. The molecule has 1 rings (SSSR count). The maximum absolute atomic E-state index is 11.8. The molecule has 29 heavy (non-hydrogen) atoms. The molecule has 1 fully saturated rings. The van der Waals surface area contributed by atoms with Crippen LogP contribution in [0.2, 0.25) is 0 Å². The Kier molecular flexibility index (Phi) is 15.1. The van der Waals surface area contributed by atoms with E-state index in [9.17, 15) is 9.59 Å². The summed E-state index contributed by atoms with van der Waals surface area (Å²) in [6, 6.07) is 0. The molecule has 0 bridgehead atoms. The third-order valence-electron chi connectivity index (χ3n) is 4.69. The first-order valence-corrected chi connectivity index (χ1v) is 11.3. The van der Waals surface area contributed by atoms with Crippen molar-refractivity contribution in [2.75, 3.05) is 39.3 Å². The molecule has 0 aromatic carbocycles. The molecule has 1 saturated heterocycles. The van der Waals surface area contributed by atoms with E-state index in [1.54, 1.807) is 0 Å². The van der Waals surface area contributed by atoms with E-state index in [1.165, 1.54) is 0 Å². The molecule has 1 heterocycles. The standard InChI is InChI=1S/C23H41N3O3/c1-3-5-7-9-13-22(27)24-15-11-17-26(19-21-20-29-21)18-12-16-25-23(28)14-10-8-6-4-2/h5-8,21H,3-4,9-20H2,1-2H3,(H,24,27)(H,25,28)/b7-5+,8-6+. The van der Waals surface area contributed by atoms with E-state index < -0.39 is 0 Å². The van der Waals surface area contributed by atoms with Gasteiger partial charge in [0.1, 0.15) is 0 Å². The van der Waals surface area contributed by atoms with Crippen LogP contribution in [0.15, 0.2) is 24.3 Å². The zero-order valence-electron chi connectivity index (χ0n) is 18.5. The largest absolute Gasteiger partial charge is 0.372 e. The van der Waals surface area contributed by atoms with Crippen molar-refractivity contribution in [1.29, 1.82) is 0 Å². The fraction of sp³-hybridized carbons (Fsp3) is 0.739. The van der Waals surface area contributed by atoms with E-state index in [2.05, 4.69) is 53.7 Å². The molecule has 6 heteroatoms. The molecule has 1 atom stereocenters. The van der Waals surface area contributed by atoms with Crippen molar-refractivity contribution in [3.05, 3.63) is 24.3 Å². The van der Waals surface area contributed by atoms with Gasteiger partial charge in [-0.05, 0) is 51.6 Å². The van der Waals surface area contributed by atoms with Crippen molar-refractivity contribution in [2.24, 2.45) is 0 Å². The highest BCUT2D eigenvalue weighted by Gasteiger charge is 2.25. The van der Waals surface area contributed by atoms with E-state index in [0.717, 1.165) is 64.8 Å². The van der Waals surface area contributed by atoms with Gasteiger partial charge in [-0.1, -0.05) is 38.2 Å². The molecule has 6 nitrogen and oxygen atoms in total. The highest BCUT2D eigenvalue weighted by Crippen LogP contribution is 2.11. The van der Waals surface area contributed by atoms with Crippen LogP contribution < -0.4 is 10.6 Å². The summed E-state index contributed by atoms with van der Waals surface area (Å²) < 4.78 is 5.36. The lowest BCUT2D eigenvalue weighted by Crippen LogP contribution is -2.34. The van der Waals surface area contributed by atoms with Crippen LogP contribution in [0.1, 0.15) is 65.2 Å². The summed E-state index contributed by atoms with van der Waals surface area (Å²) in [6.07, 6.45) is 15.3. The molecular formula is C23H41N3O3. The summed E-state index contributed by atoms with van der Waals surface area (Å²) in [5.41, 5.74) is 0. The van der Waals surface area contributed by atoms with E-state index in [1.807, 2.05) is 0 Å². The van der Waals surface area contributed by atoms with E-state index in [4.69, 9.17) is 4.74 Å². The minimum Gasteiger partial charge on any atom is -0.372 e. The maximum Gasteiger partial charge on any atom is 0.220 e. The minimum absolute atomic E-state index is 0.124. The second kappa shape index (κ2) is 17.2. The van der Waals surface area contributed by atoms with Crippen molar-refractivity contribution in [1.82, 2.24) is 15.5 Å². The van der Waals surface area contributed by atoms with E-state index in [0.29, 0.717) is 32.0 Å². The van der Waals surface area contributed by atoms with Gasteiger partial charge in [0.2, 0.25) is 11.8 Å². The van der Waals surface area contributed by atoms with Crippen molar-refractivity contribution in [2.45, 2.75) is 71.3 Å². The molecule has 0 saturated carbocycles. The van der Waals surface area contributed by atoms with Gasteiger partial charge in [-0.2, -0.15) is 0 Å². The van der Waals surface area contributed by atoms with Crippen LogP contribution in [-0.4, -0.2) is 62.1 Å². The molecule has 0 aromatic heterocycles. The number of amides is 2. The summed E-state index contributed by atoms with van der Waals surface area (Å²) in [4.78, 5) is 26.0. The van der Waals surface area contributed by atoms with Gasteiger partial charge in [-0.15, -0.1) is 0 Å². The van der Waals surface area contributed by atoms with Crippen LogP contribution in [0.5, 0.6) is 0 Å². The number of nitrogens with zero attached hydrogens (tertiary/aromatic N) is 1. The van der Waals surface area contributed by atoms with Crippen molar-refractivity contribution < 1.29 is 14.3 Å². The maximum atomic E-state index is 11.8. The zero-order chi connectivity index (χ0) is 21.2. The van der Waals surface area contributed by atoms with Gasteiger partial charge in [-0.25, -0.2) is 0 Å². The molecule has 1 unspecified atom stereocenters. The molecule has 1 aliphatic heterocycles. The third-order valence-corrected chi connectivity index (χ3v) is 4.69. The molecule has 1 aliphatic rings. The van der Waals surface area contributed by atoms with Crippen LogP contribution in [0.3, 0.4) is 0 Å². The Morgan fingerprint density at radius 3 is 1.79 bits per heavy atom. The highest BCUT2D eigenvalue weighted by molar-refractivity contribution is 5.76. The Balaban J connectivity index is 2.10. The lowest BCUT2D eigenvalue weighted by atomic mass is 10.2. The lowest BCUT2D eigenvalue weighted by Gasteiger charge is -2.21. The average molecular weight is 408 g/mol. The number of epoxide rings is 1. The first-order chi connectivity index (χ1) is 14.2. The van der Waals surface area contributed by atoms with Crippen LogP contribution in [-0.2, 0) is 14.3 Å². The van der Waals surface area contributed by atoms with Gasteiger partial charge < -0.3 is 20.3 Å². The normalized spacial score (nSPS) is 16.0. The van der Waals surface area contributed by atoms with Crippen LogP contribution in [0, 0.1) is 0 Å². The second-order valence-electron chi connectivity index (χ2n) is 7.50. The molecule has 166 valence electrons. The summed E-state index contributed by atoms with van der Waals surface area (Å²) in [6.45, 7) is 9.26. The summed E-state index contributed by atoms with van der Waals surface area (Å²) in [5, 5.41) is 6.00. The first-order valence-electron chi connectivity index (χ1n) is 11.3. The number of ether oxygens (including phenoxy) is 1. The zero-order valence-corrected chi connectivity index (χ0v) is 18.5. The number of hydrogen-bond donors (Lipinski definition) is 2. The molecule has 0 aliphatic carbocycles. The Morgan fingerprint density at radius 2 is 1.38 bits per heavy atom. The van der Waals surface area contributed by atoms with Crippen LogP contribution in [0.25, 0.3) is 0 Å². The minimum atomic E-state index is 0.124. The molecule has 0 spiro atoms. The fourth-order valence-corrected chi connectivity index (χ4v) is 2.99. The average Bonchev–Trinajstić information content (AvgIpc) is 3.53. The molecule has 2 amide bonds. The molecule has 0 radical (unpaired) electrons. The lowest BCUT2D eigenvalue weighted by molar-refractivity contribution is -0.121. The van der Waals surface area contributed by atoms with Crippen LogP contribution in [0.4, 0.5) is 0 Å². The van der Waals surface area contributed by atoms with Gasteiger partial charge in [0, 0.05) is 32.5 Å². The van der Waals surface area contributed by atoms with Crippen molar-refractivity contribution in [3.63, 3.8) is 0 Å². The fourth-order valence-electron chi connectivity index (χ4n) is 2.99. The SMILES string of the molecule is CC/C=C/CCC(=O)NCCCN(CCCNC(=O)CC/C=C/CC)CC1CO1. The Bertz CT molecular complexity index is 464. The number of allylic oxidation sites excluding steroid dienone is 4. The quantitative estimate of drug-likeness (QED) is 0.208. The molecule has 2 N–H and O–H groups in total. The van der Waals surface area contributed by atoms with E-state index in [-0.39, 0.29) is 11.8 Å². The number of carbonyl (C=O) groups is 2. The molecular weight excluding hydrogens is 366 g/mol. The number of hydrogen-bond acceptors (Lipinski definition) is 4. The van der Waals surface area contributed by atoms with Gasteiger partial charge in [-0.3, -0.25) is 9.59 Å². The van der Waals surface area contributed by atoms with Gasteiger partial charge >= 0.3 is 0 Å². The summed E-state index contributed by atoms with van der Waals surface area (Å²) >= 11 is 0. The third kappa shape index (κ3) is 15.9.